The van der Waals surface area contributed by atoms with Gasteiger partial charge in [0.25, 0.3) is 5.91 Å². The second kappa shape index (κ2) is 10.4. The Morgan fingerprint density at radius 2 is 1.21 bits per heavy atom. The van der Waals surface area contributed by atoms with E-state index in [1.165, 1.54) is 0 Å². The Kier molecular flexibility index (Phi) is 6.80. The summed E-state index contributed by atoms with van der Waals surface area (Å²) < 4.78 is 0. The third kappa shape index (κ3) is 4.76. The molecule has 6 rings (SSSR count). The highest BCUT2D eigenvalue weighted by atomic mass is 35.5. The molecule has 0 fully saturated rings. The number of amides is 1. The van der Waals surface area contributed by atoms with E-state index in [1.54, 1.807) is 35.7 Å². The molecule has 1 amide bonds. The lowest BCUT2D eigenvalue weighted by Gasteiger charge is -2.07. The van der Waals surface area contributed by atoms with E-state index in [4.69, 9.17) is 23.2 Å². The number of rotatable bonds is 6. The molecule has 0 unspecified atom stereocenters. The predicted octanol–water partition coefficient (Wildman–Crippen LogP) is 8.99. The van der Waals surface area contributed by atoms with Crippen molar-refractivity contribution in [2.24, 2.45) is 4.99 Å². The molecule has 38 heavy (non-hydrogen) atoms. The Hall–Kier alpha value is -3.42. The fourth-order valence-corrected chi connectivity index (χ4v) is 6.54. The number of fused-ring (bicyclic) bond motifs is 1. The number of aromatic nitrogens is 1. The minimum atomic E-state index is -0.431. The van der Waals surface area contributed by atoms with Crippen molar-refractivity contribution in [2.45, 2.75) is 19.6 Å². The molecule has 0 saturated heterocycles. The molecule has 0 bridgehead atoms. The van der Waals surface area contributed by atoms with Crippen molar-refractivity contribution in [3.8, 4) is 17.1 Å². The summed E-state index contributed by atoms with van der Waals surface area (Å²) in [7, 11) is 0. The van der Waals surface area contributed by atoms with Crippen LogP contribution in [0.3, 0.4) is 0 Å². The van der Waals surface area contributed by atoms with Crippen molar-refractivity contribution in [1.82, 2.24) is 4.98 Å². The number of benzene rings is 4. The summed E-state index contributed by atoms with van der Waals surface area (Å²) in [6.07, 6.45) is 0. The highest BCUT2D eigenvalue weighted by Gasteiger charge is 2.33. The third-order valence-electron chi connectivity index (χ3n) is 6.01. The van der Waals surface area contributed by atoms with Crippen LogP contribution in [0.1, 0.15) is 21.5 Å². The lowest BCUT2D eigenvalue weighted by atomic mass is 10.0. The molecule has 4 nitrogen and oxygen atoms in total. The van der Waals surface area contributed by atoms with Crippen molar-refractivity contribution >= 4 is 58.3 Å². The summed E-state index contributed by atoms with van der Waals surface area (Å²) in [6.45, 7) is 0. The van der Waals surface area contributed by atoms with E-state index in [0.29, 0.717) is 43.7 Å². The number of hydrogen-bond donors (Lipinski definition) is 2. The van der Waals surface area contributed by atoms with Gasteiger partial charge in [0.05, 0.1) is 32.6 Å². The molecular weight excluding hydrogens is 555 g/mol. The molecule has 0 atom stereocenters. The van der Waals surface area contributed by atoms with Gasteiger partial charge in [-0.15, -0.1) is 0 Å². The Morgan fingerprint density at radius 3 is 1.76 bits per heavy atom. The molecule has 186 valence electrons. The molecule has 0 aliphatic carbocycles. The summed E-state index contributed by atoms with van der Waals surface area (Å²) in [5.41, 5.74) is 2.86. The van der Waals surface area contributed by atoms with Crippen LogP contribution < -0.4 is 0 Å². The van der Waals surface area contributed by atoms with Crippen LogP contribution >= 0.6 is 46.7 Å². The van der Waals surface area contributed by atoms with Crippen molar-refractivity contribution < 1.29 is 9.90 Å². The van der Waals surface area contributed by atoms with Gasteiger partial charge in [0.1, 0.15) is 0 Å². The molecule has 0 saturated carbocycles. The summed E-state index contributed by atoms with van der Waals surface area (Å²) in [5.74, 6) is -0.559. The van der Waals surface area contributed by atoms with Gasteiger partial charge in [0.2, 0.25) is 0 Å². The zero-order valence-electron chi connectivity index (χ0n) is 19.6. The van der Waals surface area contributed by atoms with Crippen molar-refractivity contribution in [2.75, 3.05) is 0 Å². The monoisotopic (exact) mass is 572 g/mol. The molecular formula is C30H18Cl2N2O2S2. The van der Waals surface area contributed by atoms with Crippen LogP contribution in [0.4, 0.5) is 0 Å². The lowest BCUT2D eigenvalue weighted by molar-refractivity contribution is 0.101. The molecule has 1 aliphatic heterocycles. The molecule has 1 aromatic heterocycles. The quantitative estimate of drug-likeness (QED) is 0.213. The fourth-order valence-electron chi connectivity index (χ4n) is 4.27. The van der Waals surface area contributed by atoms with Gasteiger partial charge < -0.3 is 10.1 Å². The maximum Gasteiger partial charge on any atom is 0.280 e. The first-order valence-corrected chi connectivity index (χ1v) is 14.0. The minimum absolute atomic E-state index is 0.127. The third-order valence-corrected chi connectivity index (χ3v) is 9.03. The van der Waals surface area contributed by atoms with Crippen LogP contribution in [0.25, 0.3) is 11.3 Å². The van der Waals surface area contributed by atoms with Gasteiger partial charge in [0.15, 0.2) is 5.88 Å². The number of hydrogen-bond acceptors (Lipinski definition) is 4. The van der Waals surface area contributed by atoms with Gasteiger partial charge in [-0.2, -0.15) is 0 Å². The van der Waals surface area contributed by atoms with E-state index in [-0.39, 0.29) is 5.88 Å². The number of nitrogens with one attached hydrogen (secondary N) is 1. The van der Waals surface area contributed by atoms with E-state index in [0.717, 1.165) is 19.6 Å². The Morgan fingerprint density at radius 1 is 0.684 bits per heavy atom. The summed E-state index contributed by atoms with van der Waals surface area (Å²) in [5, 5.41) is 11.9. The van der Waals surface area contributed by atoms with Crippen LogP contribution in [0.5, 0.6) is 5.88 Å². The van der Waals surface area contributed by atoms with E-state index in [1.807, 2.05) is 84.9 Å². The summed E-state index contributed by atoms with van der Waals surface area (Å²) >= 11 is 16.3. The average molecular weight is 574 g/mol. The lowest BCUT2D eigenvalue weighted by Crippen LogP contribution is -2.00. The van der Waals surface area contributed by atoms with Crippen molar-refractivity contribution in [3.63, 3.8) is 0 Å². The van der Waals surface area contributed by atoms with Crippen LogP contribution in [0.15, 0.2) is 122 Å². The number of aromatic amines is 1. The largest absolute Gasteiger partial charge is 0.494 e. The first-order valence-electron chi connectivity index (χ1n) is 11.6. The number of halogens is 2. The summed E-state index contributed by atoms with van der Waals surface area (Å²) in [4.78, 5) is 24.2. The number of carbonyl (C=O) groups excluding carboxylic acids is 1. The topological polar surface area (TPSA) is 65.4 Å². The van der Waals surface area contributed by atoms with Crippen LogP contribution in [-0.2, 0) is 0 Å². The Labute approximate surface area is 237 Å². The fraction of sp³-hybridized carbons (Fsp3) is 0. The normalized spacial score (nSPS) is 12.5. The number of H-pyrrole nitrogens is 1. The molecule has 8 heteroatoms. The van der Waals surface area contributed by atoms with Gasteiger partial charge in [0, 0.05) is 30.7 Å². The van der Waals surface area contributed by atoms with Crippen LogP contribution in [0, 0.1) is 0 Å². The number of carbonyl (C=O) groups is 1. The first kappa shape index (κ1) is 24.9. The second-order valence-corrected chi connectivity index (χ2v) is 11.5. The molecule has 1 aliphatic rings. The maximum absolute atomic E-state index is 13.1. The molecule has 0 radical (unpaired) electrons. The van der Waals surface area contributed by atoms with E-state index in [2.05, 4.69) is 9.98 Å². The second-order valence-electron chi connectivity index (χ2n) is 8.48. The maximum atomic E-state index is 13.1. The van der Waals surface area contributed by atoms with E-state index in [9.17, 15) is 9.90 Å². The Balaban J connectivity index is 1.31. The minimum Gasteiger partial charge on any atom is -0.494 e. The molecule has 4 aromatic carbocycles. The van der Waals surface area contributed by atoms with Crippen molar-refractivity contribution in [3.05, 3.63) is 124 Å². The summed E-state index contributed by atoms with van der Waals surface area (Å²) in [6, 6.07) is 31.0. The zero-order chi connectivity index (χ0) is 26.2. The predicted molar refractivity (Wildman–Crippen MR) is 155 cm³/mol. The van der Waals surface area contributed by atoms with E-state index < -0.39 is 5.91 Å². The van der Waals surface area contributed by atoms with Crippen molar-refractivity contribution in [1.29, 1.82) is 0 Å². The van der Waals surface area contributed by atoms with Gasteiger partial charge in [-0.3, -0.25) is 4.79 Å². The standard InChI is InChI=1S/C30H18Cl2N2O2S2/c31-21-15-17(11-13-23(21)37-19-7-3-1-4-8-19)27-25-26(30(36)33-27)28(34-29(25)35)18-12-14-24(22(32)16-18)38-20-9-5-2-6-10-20/h1-16,33,36H. The highest BCUT2D eigenvalue weighted by molar-refractivity contribution is 7.99. The Bertz CT molecular complexity index is 1720. The number of aliphatic imine (C=N–C) groups is 1. The van der Waals surface area contributed by atoms with Crippen LogP contribution in [-0.4, -0.2) is 21.7 Å². The van der Waals surface area contributed by atoms with Crippen LogP contribution in [0.2, 0.25) is 10.0 Å². The first-order chi connectivity index (χ1) is 18.5. The van der Waals surface area contributed by atoms with Gasteiger partial charge in [-0.05, 0) is 48.5 Å². The average Bonchev–Trinajstić information content (AvgIpc) is 3.45. The smallest absolute Gasteiger partial charge is 0.280 e. The zero-order valence-corrected chi connectivity index (χ0v) is 22.8. The highest BCUT2D eigenvalue weighted by Crippen LogP contribution is 2.42. The molecule has 2 N–H and O–H groups in total. The molecule has 5 aromatic rings. The van der Waals surface area contributed by atoms with Gasteiger partial charge in [-0.1, -0.05) is 95.3 Å². The number of nitrogens with zero attached hydrogens (tertiary/aromatic N) is 1. The van der Waals surface area contributed by atoms with Gasteiger partial charge in [-0.25, -0.2) is 4.99 Å². The van der Waals surface area contributed by atoms with Gasteiger partial charge >= 0.3 is 0 Å². The SMILES string of the molecule is O=C1N=C(c2ccc(Sc3ccccc3)c(Cl)c2)c2c(O)[nH]c(-c3ccc(Sc4ccccc4)c(Cl)c3)c21. The molecule has 2 heterocycles. The number of aromatic hydroxyl groups is 1. The van der Waals surface area contributed by atoms with E-state index >= 15 is 0 Å². The molecule has 0 spiro atoms.